The third-order valence-electron chi connectivity index (χ3n) is 2.33. The van der Waals surface area contributed by atoms with Gasteiger partial charge in [0.2, 0.25) is 11.8 Å². The molecule has 17 heavy (non-hydrogen) atoms. The Kier molecular flexibility index (Phi) is 8.25. The number of carbonyl (C=O) groups is 2. The highest BCUT2D eigenvalue weighted by Crippen LogP contribution is 2.26. The van der Waals surface area contributed by atoms with Crippen molar-refractivity contribution in [1.82, 2.24) is 10.2 Å². The lowest BCUT2D eigenvalue weighted by atomic mass is 10.3. The molecule has 4 nitrogen and oxygen atoms in total. The first-order chi connectivity index (χ1) is 8.07. The van der Waals surface area contributed by atoms with E-state index in [1.54, 1.807) is 11.8 Å². The molecule has 100 valence electrons. The monoisotopic (exact) mass is 260 g/mol. The highest BCUT2D eigenvalue weighted by molar-refractivity contribution is 8.00. The van der Waals surface area contributed by atoms with Crippen LogP contribution < -0.4 is 5.32 Å². The maximum absolute atomic E-state index is 11.8. The lowest BCUT2D eigenvalue weighted by molar-refractivity contribution is -0.140. The second kappa shape index (κ2) is 8.53. The molecule has 1 rings (SSSR count). The normalized spacial score (nSPS) is 19.6. The third-order valence-corrected chi connectivity index (χ3v) is 3.54. The Morgan fingerprint density at radius 3 is 2.41 bits per heavy atom. The van der Waals surface area contributed by atoms with Crippen LogP contribution >= 0.6 is 11.8 Å². The Balaban J connectivity index is 0.00000121. The summed E-state index contributed by atoms with van der Waals surface area (Å²) in [6.45, 7) is 8.61. The standard InChI is InChI=1S/C10H18N2O2S.C2H6/c1-7(2)12-9(13)6-8(10(12)14)15-5-4-11-3;1-2/h7-8,11H,4-6H2,1-3H3;1-2H3. The average molecular weight is 260 g/mol. The molecule has 0 spiro atoms. The predicted octanol–water partition coefficient (Wildman–Crippen LogP) is 1.50. The zero-order chi connectivity index (χ0) is 13.4. The molecule has 0 aromatic carbocycles. The zero-order valence-electron chi connectivity index (χ0n) is 11.4. The van der Waals surface area contributed by atoms with Crippen molar-refractivity contribution in [3.05, 3.63) is 0 Å². The summed E-state index contributed by atoms with van der Waals surface area (Å²) in [7, 11) is 1.88. The molecule has 0 aromatic rings. The first-order valence-electron chi connectivity index (χ1n) is 6.20. The minimum atomic E-state index is -0.159. The summed E-state index contributed by atoms with van der Waals surface area (Å²) in [5.41, 5.74) is 0. The molecule has 0 saturated carbocycles. The quantitative estimate of drug-likeness (QED) is 0.601. The summed E-state index contributed by atoms with van der Waals surface area (Å²) < 4.78 is 0. The molecule has 1 heterocycles. The van der Waals surface area contributed by atoms with Crippen LogP contribution in [0.5, 0.6) is 0 Å². The highest BCUT2D eigenvalue weighted by Gasteiger charge is 2.39. The molecule has 1 N–H and O–H groups in total. The van der Waals surface area contributed by atoms with Gasteiger partial charge in [0, 0.05) is 24.8 Å². The lowest BCUT2D eigenvalue weighted by Crippen LogP contribution is -2.37. The van der Waals surface area contributed by atoms with E-state index in [0.29, 0.717) is 6.42 Å². The summed E-state index contributed by atoms with van der Waals surface area (Å²) in [5, 5.41) is 2.86. The smallest absolute Gasteiger partial charge is 0.243 e. The van der Waals surface area contributed by atoms with Crippen LogP contribution in [0.1, 0.15) is 34.1 Å². The number of thioether (sulfide) groups is 1. The number of nitrogens with one attached hydrogen (secondary N) is 1. The number of nitrogens with zero attached hydrogens (tertiary/aromatic N) is 1. The Hall–Kier alpha value is -0.550. The maximum atomic E-state index is 11.8. The predicted molar refractivity (Wildman–Crippen MR) is 73.1 cm³/mol. The summed E-state index contributed by atoms with van der Waals surface area (Å²) in [5.74, 6) is 0.819. The first-order valence-corrected chi connectivity index (χ1v) is 7.25. The molecular weight excluding hydrogens is 236 g/mol. The van der Waals surface area contributed by atoms with Crippen molar-refractivity contribution < 1.29 is 9.59 Å². The molecule has 2 amide bonds. The summed E-state index contributed by atoms with van der Waals surface area (Å²) in [4.78, 5) is 24.7. The van der Waals surface area contributed by atoms with E-state index in [-0.39, 0.29) is 23.1 Å². The van der Waals surface area contributed by atoms with Gasteiger partial charge in [0.15, 0.2) is 0 Å². The molecule has 1 atom stereocenters. The van der Waals surface area contributed by atoms with E-state index in [0.717, 1.165) is 12.3 Å². The van der Waals surface area contributed by atoms with Gasteiger partial charge >= 0.3 is 0 Å². The van der Waals surface area contributed by atoms with Crippen molar-refractivity contribution in [2.45, 2.75) is 45.4 Å². The van der Waals surface area contributed by atoms with Gasteiger partial charge in [0.1, 0.15) is 0 Å². The average Bonchev–Trinajstić information content (AvgIpc) is 2.57. The molecule has 1 fully saturated rings. The van der Waals surface area contributed by atoms with Gasteiger partial charge in [-0.3, -0.25) is 14.5 Å². The van der Waals surface area contributed by atoms with E-state index in [1.165, 1.54) is 4.90 Å². The number of carbonyl (C=O) groups excluding carboxylic acids is 2. The number of imide groups is 1. The highest BCUT2D eigenvalue weighted by atomic mass is 32.2. The molecule has 1 saturated heterocycles. The Morgan fingerprint density at radius 2 is 2.00 bits per heavy atom. The zero-order valence-corrected chi connectivity index (χ0v) is 12.3. The molecule has 5 heteroatoms. The fourth-order valence-electron chi connectivity index (χ4n) is 1.60. The molecule has 1 aliphatic rings. The van der Waals surface area contributed by atoms with Crippen LogP contribution in [0.4, 0.5) is 0 Å². The summed E-state index contributed by atoms with van der Waals surface area (Å²) in [6, 6.07) is -0.0140. The van der Waals surface area contributed by atoms with Crippen LogP contribution in [0.25, 0.3) is 0 Å². The van der Waals surface area contributed by atoms with E-state index in [2.05, 4.69) is 5.32 Å². The van der Waals surface area contributed by atoms with E-state index in [4.69, 9.17) is 0 Å². The maximum Gasteiger partial charge on any atom is 0.243 e. The molecule has 0 aromatic heterocycles. The van der Waals surface area contributed by atoms with Crippen molar-refractivity contribution in [3.63, 3.8) is 0 Å². The number of hydrogen-bond donors (Lipinski definition) is 1. The number of rotatable bonds is 5. The fraction of sp³-hybridized carbons (Fsp3) is 0.833. The fourth-order valence-corrected chi connectivity index (χ4v) is 2.72. The first kappa shape index (κ1) is 16.4. The van der Waals surface area contributed by atoms with E-state index >= 15 is 0 Å². The van der Waals surface area contributed by atoms with Crippen LogP contribution in [0.15, 0.2) is 0 Å². The van der Waals surface area contributed by atoms with Crippen LogP contribution in [0.3, 0.4) is 0 Å². The second-order valence-corrected chi connectivity index (χ2v) is 5.17. The number of hydrogen-bond acceptors (Lipinski definition) is 4. The summed E-state index contributed by atoms with van der Waals surface area (Å²) >= 11 is 1.57. The van der Waals surface area contributed by atoms with Crippen LogP contribution in [-0.4, -0.2) is 47.4 Å². The van der Waals surface area contributed by atoms with Crippen LogP contribution in [0.2, 0.25) is 0 Å². The molecule has 0 aliphatic carbocycles. The molecular formula is C12H24N2O2S. The summed E-state index contributed by atoms with van der Waals surface area (Å²) in [6.07, 6.45) is 0.366. The van der Waals surface area contributed by atoms with Gasteiger partial charge in [-0.15, -0.1) is 11.8 Å². The van der Waals surface area contributed by atoms with Crippen molar-refractivity contribution >= 4 is 23.6 Å². The lowest BCUT2D eigenvalue weighted by Gasteiger charge is -2.18. The Bertz CT molecular complexity index is 257. The Morgan fingerprint density at radius 1 is 1.41 bits per heavy atom. The third kappa shape index (κ3) is 4.68. The van der Waals surface area contributed by atoms with Gasteiger partial charge in [-0.25, -0.2) is 0 Å². The van der Waals surface area contributed by atoms with E-state index in [1.807, 2.05) is 34.7 Å². The molecule has 0 radical (unpaired) electrons. The van der Waals surface area contributed by atoms with Gasteiger partial charge in [0.25, 0.3) is 0 Å². The van der Waals surface area contributed by atoms with Gasteiger partial charge in [-0.2, -0.15) is 0 Å². The van der Waals surface area contributed by atoms with E-state index < -0.39 is 0 Å². The Labute approximate surface area is 109 Å². The van der Waals surface area contributed by atoms with Gasteiger partial charge in [-0.05, 0) is 20.9 Å². The SMILES string of the molecule is CC.CNCCSC1CC(=O)N(C(C)C)C1=O. The minimum absolute atomic E-state index is 0.0140. The van der Waals surface area contributed by atoms with E-state index in [9.17, 15) is 9.59 Å². The number of amides is 2. The van der Waals surface area contributed by atoms with Crippen LogP contribution in [0, 0.1) is 0 Å². The van der Waals surface area contributed by atoms with Gasteiger partial charge in [0.05, 0.1) is 5.25 Å². The van der Waals surface area contributed by atoms with Crippen LogP contribution in [-0.2, 0) is 9.59 Å². The molecule has 1 unspecified atom stereocenters. The van der Waals surface area contributed by atoms with Crippen molar-refractivity contribution in [2.75, 3.05) is 19.3 Å². The van der Waals surface area contributed by atoms with Crippen molar-refractivity contribution in [1.29, 1.82) is 0 Å². The topological polar surface area (TPSA) is 49.4 Å². The van der Waals surface area contributed by atoms with Gasteiger partial charge in [-0.1, -0.05) is 13.8 Å². The van der Waals surface area contributed by atoms with Crippen molar-refractivity contribution in [3.8, 4) is 0 Å². The largest absolute Gasteiger partial charge is 0.319 e. The molecule has 0 bridgehead atoms. The second-order valence-electron chi connectivity index (χ2n) is 3.86. The minimum Gasteiger partial charge on any atom is -0.319 e. The van der Waals surface area contributed by atoms with Gasteiger partial charge < -0.3 is 5.32 Å². The molecule has 1 aliphatic heterocycles. The number of likely N-dealkylation sites (tertiary alicyclic amines) is 1. The van der Waals surface area contributed by atoms with Crippen molar-refractivity contribution in [2.24, 2.45) is 0 Å².